The number of hydrogen-bond donors (Lipinski definition) is 2. The zero-order valence-electron chi connectivity index (χ0n) is 8.34. The summed E-state index contributed by atoms with van der Waals surface area (Å²) in [6.07, 6.45) is 0. The highest BCUT2D eigenvalue weighted by atomic mass is 32.1. The topological polar surface area (TPSA) is 40.5 Å². The third-order valence-electron chi connectivity index (χ3n) is 2.43. The van der Waals surface area contributed by atoms with Crippen LogP contribution in [0.1, 0.15) is 17.4 Å². The molecule has 3 heteroatoms. The van der Waals surface area contributed by atoms with Crippen molar-refractivity contribution in [2.45, 2.75) is 12.5 Å². The lowest BCUT2D eigenvalue weighted by molar-refractivity contribution is 0.106. The minimum atomic E-state index is -0.984. The van der Waals surface area contributed by atoms with E-state index in [-0.39, 0.29) is 5.75 Å². The van der Waals surface area contributed by atoms with Gasteiger partial charge in [-0.25, -0.2) is 0 Å². The summed E-state index contributed by atoms with van der Waals surface area (Å²) in [5.74, 6) is 0.209. The first-order valence-corrected chi connectivity index (χ1v) is 5.54. The van der Waals surface area contributed by atoms with Crippen molar-refractivity contribution >= 4 is 11.3 Å². The number of hydrogen-bond acceptors (Lipinski definition) is 3. The van der Waals surface area contributed by atoms with E-state index in [4.69, 9.17) is 0 Å². The Bertz CT molecular complexity index is 429. The maximum Gasteiger partial charge on any atom is 0.121 e. The normalized spacial score (nSPS) is 14.8. The summed E-state index contributed by atoms with van der Waals surface area (Å²) in [5.41, 5.74) is -0.204. The molecule has 0 saturated carbocycles. The van der Waals surface area contributed by atoms with E-state index in [0.29, 0.717) is 0 Å². The monoisotopic (exact) mass is 220 g/mol. The Hall–Kier alpha value is -1.32. The van der Waals surface area contributed by atoms with Gasteiger partial charge >= 0.3 is 0 Å². The van der Waals surface area contributed by atoms with Crippen LogP contribution in [0.4, 0.5) is 0 Å². The summed E-state index contributed by atoms with van der Waals surface area (Å²) in [5, 5.41) is 21.5. The van der Waals surface area contributed by atoms with Gasteiger partial charge in [0.05, 0.1) is 0 Å². The fourth-order valence-corrected chi connectivity index (χ4v) is 2.29. The Balaban J connectivity index is 2.41. The molecular formula is C12H12O2S. The SMILES string of the molecule is CC(O)(c1ccc(O)cc1)c1cccs1. The molecule has 0 aliphatic rings. The third-order valence-corrected chi connectivity index (χ3v) is 3.51. The average Bonchev–Trinajstić information content (AvgIpc) is 2.71. The van der Waals surface area contributed by atoms with Gasteiger partial charge in [0.1, 0.15) is 11.4 Å². The molecule has 0 saturated heterocycles. The number of aromatic hydroxyl groups is 1. The first kappa shape index (κ1) is 10.2. The van der Waals surface area contributed by atoms with Crippen molar-refractivity contribution in [2.75, 3.05) is 0 Å². The van der Waals surface area contributed by atoms with E-state index >= 15 is 0 Å². The van der Waals surface area contributed by atoms with Crippen LogP contribution in [0.3, 0.4) is 0 Å². The van der Waals surface area contributed by atoms with Crippen LogP contribution < -0.4 is 0 Å². The van der Waals surface area contributed by atoms with Crippen molar-refractivity contribution < 1.29 is 10.2 Å². The van der Waals surface area contributed by atoms with E-state index < -0.39 is 5.60 Å². The zero-order valence-corrected chi connectivity index (χ0v) is 9.16. The number of thiophene rings is 1. The Morgan fingerprint density at radius 2 is 1.80 bits per heavy atom. The lowest BCUT2D eigenvalue weighted by atomic mass is 9.94. The molecule has 2 N–H and O–H groups in total. The van der Waals surface area contributed by atoms with Crippen molar-refractivity contribution in [3.63, 3.8) is 0 Å². The summed E-state index contributed by atoms with van der Waals surface area (Å²) in [4.78, 5) is 0.896. The van der Waals surface area contributed by atoms with Crippen molar-refractivity contribution in [1.29, 1.82) is 0 Å². The molecule has 1 heterocycles. The van der Waals surface area contributed by atoms with Crippen LogP contribution in [0.25, 0.3) is 0 Å². The minimum Gasteiger partial charge on any atom is -0.508 e. The molecule has 1 atom stereocenters. The van der Waals surface area contributed by atoms with E-state index in [0.717, 1.165) is 10.4 Å². The molecule has 0 spiro atoms. The molecular weight excluding hydrogens is 208 g/mol. The predicted molar refractivity (Wildman–Crippen MR) is 61.1 cm³/mol. The molecule has 1 unspecified atom stereocenters. The van der Waals surface area contributed by atoms with E-state index in [1.165, 1.54) is 11.3 Å². The molecule has 1 aromatic carbocycles. The minimum absolute atomic E-state index is 0.209. The highest BCUT2D eigenvalue weighted by Crippen LogP contribution is 2.32. The summed E-state index contributed by atoms with van der Waals surface area (Å²) in [7, 11) is 0. The highest BCUT2D eigenvalue weighted by molar-refractivity contribution is 7.10. The zero-order chi connectivity index (χ0) is 10.9. The van der Waals surface area contributed by atoms with Gasteiger partial charge in [-0.2, -0.15) is 0 Å². The van der Waals surface area contributed by atoms with Crippen LogP contribution in [0.15, 0.2) is 41.8 Å². The van der Waals surface area contributed by atoms with E-state index in [1.54, 1.807) is 31.2 Å². The first-order chi connectivity index (χ1) is 7.10. The fraction of sp³-hybridized carbons (Fsp3) is 0.167. The number of aliphatic hydroxyl groups is 1. The van der Waals surface area contributed by atoms with E-state index in [1.807, 2.05) is 17.5 Å². The van der Waals surface area contributed by atoms with Crippen LogP contribution >= 0.6 is 11.3 Å². The summed E-state index contributed by atoms with van der Waals surface area (Å²) in [6, 6.07) is 10.4. The fourth-order valence-electron chi connectivity index (χ4n) is 1.48. The highest BCUT2D eigenvalue weighted by Gasteiger charge is 2.26. The van der Waals surface area contributed by atoms with Crippen molar-refractivity contribution in [3.8, 4) is 5.75 Å². The molecule has 2 rings (SSSR count). The van der Waals surface area contributed by atoms with Crippen molar-refractivity contribution in [3.05, 3.63) is 52.2 Å². The molecule has 1 aromatic heterocycles. The lowest BCUT2D eigenvalue weighted by Gasteiger charge is -2.22. The van der Waals surface area contributed by atoms with Crippen LogP contribution in [0.2, 0.25) is 0 Å². The Labute approximate surface area is 92.4 Å². The van der Waals surface area contributed by atoms with Crippen LogP contribution in [0.5, 0.6) is 5.75 Å². The quantitative estimate of drug-likeness (QED) is 0.817. The van der Waals surface area contributed by atoms with Crippen LogP contribution in [-0.4, -0.2) is 10.2 Å². The first-order valence-electron chi connectivity index (χ1n) is 4.66. The van der Waals surface area contributed by atoms with Gasteiger partial charge in [0.2, 0.25) is 0 Å². The second-order valence-electron chi connectivity index (χ2n) is 3.60. The lowest BCUT2D eigenvalue weighted by Crippen LogP contribution is -2.20. The summed E-state index contributed by atoms with van der Waals surface area (Å²) < 4.78 is 0. The van der Waals surface area contributed by atoms with Gasteiger partial charge in [0.15, 0.2) is 0 Å². The molecule has 0 radical (unpaired) electrons. The van der Waals surface area contributed by atoms with Gasteiger partial charge in [-0.05, 0) is 36.1 Å². The van der Waals surface area contributed by atoms with Gasteiger partial charge in [0, 0.05) is 4.88 Å². The van der Waals surface area contributed by atoms with Crippen molar-refractivity contribution in [1.82, 2.24) is 0 Å². The van der Waals surface area contributed by atoms with E-state index in [2.05, 4.69) is 0 Å². The standard InChI is InChI=1S/C12H12O2S/c1-12(14,11-3-2-8-15-11)9-4-6-10(13)7-5-9/h2-8,13-14H,1H3. The Kier molecular flexibility index (Phi) is 2.50. The average molecular weight is 220 g/mol. The molecule has 0 aliphatic heterocycles. The summed E-state index contributed by atoms with van der Waals surface area (Å²) >= 11 is 1.52. The molecule has 0 aliphatic carbocycles. The number of benzene rings is 1. The van der Waals surface area contributed by atoms with Crippen LogP contribution in [-0.2, 0) is 5.60 Å². The second kappa shape index (κ2) is 3.68. The van der Waals surface area contributed by atoms with Gasteiger partial charge in [-0.3, -0.25) is 0 Å². The predicted octanol–water partition coefficient (Wildman–Crippen LogP) is 2.71. The van der Waals surface area contributed by atoms with Gasteiger partial charge in [0.25, 0.3) is 0 Å². The largest absolute Gasteiger partial charge is 0.508 e. The number of phenolic OH excluding ortho intramolecular Hbond substituents is 1. The third kappa shape index (κ3) is 1.89. The molecule has 15 heavy (non-hydrogen) atoms. The van der Waals surface area contributed by atoms with Crippen LogP contribution in [0, 0.1) is 0 Å². The second-order valence-corrected chi connectivity index (χ2v) is 4.54. The van der Waals surface area contributed by atoms with Gasteiger partial charge in [-0.1, -0.05) is 18.2 Å². The Morgan fingerprint density at radius 3 is 2.33 bits per heavy atom. The molecule has 78 valence electrons. The Morgan fingerprint density at radius 1 is 1.13 bits per heavy atom. The molecule has 2 nitrogen and oxygen atoms in total. The molecule has 0 amide bonds. The molecule has 0 bridgehead atoms. The maximum absolute atomic E-state index is 10.4. The van der Waals surface area contributed by atoms with Crippen molar-refractivity contribution in [2.24, 2.45) is 0 Å². The smallest absolute Gasteiger partial charge is 0.121 e. The number of rotatable bonds is 2. The van der Waals surface area contributed by atoms with E-state index in [9.17, 15) is 10.2 Å². The molecule has 0 fully saturated rings. The molecule has 2 aromatic rings. The summed E-state index contributed by atoms with van der Waals surface area (Å²) in [6.45, 7) is 1.76. The maximum atomic E-state index is 10.4. The van der Waals surface area contributed by atoms with Gasteiger partial charge < -0.3 is 10.2 Å². The van der Waals surface area contributed by atoms with Gasteiger partial charge in [-0.15, -0.1) is 11.3 Å². The number of phenols is 1.